The van der Waals surface area contributed by atoms with Gasteiger partial charge in [-0.15, -0.1) is 0 Å². The Morgan fingerprint density at radius 2 is 2.33 bits per heavy atom. The first-order valence-electron chi connectivity index (χ1n) is 6.51. The van der Waals surface area contributed by atoms with Gasteiger partial charge in [0.25, 0.3) is 0 Å². The lowest BCUT2D eigenvalue weighted by atomic mass is 9.95. The van der Waals surface area contributed by atoms with Gasteiger partial charge in [0, 0.05) is 18.7 Å². The van der Waals surface area contributed by atoms with Gasteiger partial charge in [0.05, 0.1) is 18.7 Å². The van der Waals surface area contributed by atoms with Crippen molar-refractivity contribution in [1.29, 1.82) is 0 Å². The van der Waals surface area contributed by atoms with Gasteiger partial charge in [-0.3, -0.25) is 4.79 Å². The molecule has 18 heavy (non-hydrogen) atoms. The molecule has 5 nitrogen and oxygen atoms in total. The average Bonchev–Trinajstić information content (AvgIpc) is 2.80. The fourth-order valence-electron chi connectivity index (χ4n) is 2.55. The Hall–Kier alpha value is -1.36. The molecule has 0 radical (unpaired) electrons. The van der Waals surface area contributed by atoms with Crippen molar-refractivity contribution < 1.29 is 14.1 Å². The molecule has 1 fully saturated rings. The number of nitrogens with zero attached hydrogens (tertiary/aromatic N) is 1. The van der Waals surface area contributed by atoms with Crippen LogP contribution in [-0.4, -0.2) is 24.3 Å². The second kappa shape index (κ2) is 6.54. The number of methoxy groups -OCH3 is 1. The fraction of sp³-hybridized carbons (Fsp3) is 0.692. The second-order valence-electron chi connectivity index (χ2n) is 4.75. The quantitative estimate of drug-likeness (QED) is 0.655. The third-order valence-electron chi connectivity index (χ3n) is 3.56. The molecule has 1 aliphatic rings. The molecule has 0 saturated heterocycles. The van der Waals surface area contributed by atoms with Crippen LogP contribution in [0.2, 0.25) is 0 Å². The van der Waals surface area contributed by atoms with Gasteiger partial charge in [0.15, 0.2) is 0 Å². The molecule has 0 bridgehead atoms. The van der Waals surface area contributed by atoms with Crippen LogP contribution in [0.4, 0.5) is 0 Å². The smallest absolute Gasteiger partial charge is 0.310 e. The van der Waals surface area contributed by atoms with Crippen LogP contribution in [0.3, 0.4) is 0 Å². The molecular weight excluding hydrogens is 232 g/mol. The van der Waals surface area contributed by atoms with E-state index in [9.17, 15) is 4.79 Å². The summed E-state index contributed by atoms with van der Waals surface area (Å²) in [4.78, 5) is 11.8. The third-order valence-corrected chi connectivity index (χ3v) is 3.56. The van der Waals surface area contributed by atoms with Crippen molar-refractivity contribution in [2.45, 2.75) is 44.7 Å². The van der Waals surface area contributed by atoms with Crippen molar-refractivity contribution in [2.24, 2.45) is 5.92 Å². The summed E-state index contributed by atoms with van der Waals surface area (Å²) >= 11 is 0. The zero-order valence-electron chi connectivity index (χ0n) is 10.7. The van der Waals surface area contributed by atoms with Crippen molar-refractivity contribution in [1.82, 2.24) is 10.5 Å². The molecule has 2 atom stereocenters. The zero-order chi connectivity index (χ0) is 12.8. The minimum atomic E-state index is -0.102. The van der Waals surface area contributed by atoms with E-state index in [0.717, 1.165) is 31.4 Å². The molecule has 0 aliphatic heterocycles. The molecule has 0 spiro atoms. The maximum Gasteiger partial charge on any atom is 0.310 e. The molecule has 2 rings (SSSR count). The Morgan fingerprint density at radius 1 is 1.50 bits per heavy atom. The number of ether oxygens (including phenoxy) is 1. The molecule has 1 aromatic heterocycles. The standard InChI is InChI=1S/C13H20N2O3/c1-17-13(16)11-5-3-2-4-6-12(11)14-9-10-7-8-18-15-10/h7-8,11-12,14H,2-6,9H2,1H3/t11-,12-/m0/s1. The summed E-state index contributed by atoms with van der Waals surface area (Å²) in [7, 11) is 1.46. The van der Waals surface area contributed by atoms with E-state index in [4.69, 9.17) is 9.26 Å². The number of aromatic nitrogens is 1. The molecule has 1 saturated carbocycles. The number of hydrogen-bond donors (Lipinski definition) is 1. The molecule has 0 unspecified atom stereocenters. The Balaban J connectivity index is 1.94. The maximum atomic E-state index is 11.8. The third kappa shape index (κ3) is 3.32. The first kappa shape index (κ1) is 13.1. The van der Waals surface area contributed by atoms with Crippen LogP contribution in [0.1, 0.15) is 37.8 Å². The molecule has 1 aliphatic carbocycles. The topological polar surface area (TPSA) is 64.4 Å². The fourth-order valence-corrected chi connectivity index (χ4v) is 2.55. The maximum absolute atomic E-state index is 11.8. The van der Waals surface area contributed by atoms with E-state index in [2.05, 4.69) is 10.5 Å². The minimum absolute atomic E-state index is 0.0376. The SMILES string of the molecule is COC(=O)[C@H]1CCCCC[C@@H]1NCc1ccon1. The van der Waals surface area contributed by atoms with Crippen LogP contribution in [0.25, 0.3) is 0 Å². The average molecular weight is 252 g/mol. The van der Waals surface area contributed by atoms with E-state index in [1.165, 1.54) is 13.5 Å². The van der Waals surface area contributed by atoms with Crippen LogP contribution in [0, 0.1) is 5.92 Å². The molecule has 1 heterocycles. The Kier molecular flexibility index (Phi) is 4.75. The number of carbonyl (C=O) groups is 1. The highest BCUT2D eigenvalue weighted by molar-refractivity contribution is 5.73. The number of hydrogen-bond acceptors (Lipinski definition) is 5. The molecule has 1 N–H and O–H groups in total. The van der Waals surface area contributed by atoms with E-state index in [1.54, 1.807) is 6.26 Å². The summed E-state index contributed by atoms with van der Waals surface area (Å²) in [6.45, 7) is 0.634. The first-order chi connectivity index (χ1) is 8.81. The highest BCUT2D eigenvalue weighted by Crippen LogP contribution is 2.24. The number of rotatable bonds is 4. The van der Waals surface area contributed by atoms with Gasteiger partial charge >= 0.3 is 5.97 Å². The Morgan fingerprint density at radius 3 is 3.06 bits per heavy atom. The molecule has 0 amide bonds. The first-order valence-corrected chi connectivity index (χ1v) is 6.51. The Bertz CT molecular complexity index is 364. The highest BCUT2D eigenvalue weighted by atomic mass is 16.5. The number of carbonyl (C=O) groups excluding carboxylic acids is 1. The molecule has 100 valence electrons. The van der Waals surface area contributed by atoms with Crippen LogP contribution < -0.4 is 5.32 Å². The predicted octanol–water partition coefficient (Wildman–Crippen LogP) is 1.89. The second-order valence-corrected chi connectivity index (χ2v) is 4.75. The van der Waals surface area contributed by atoms with E-state index in [1.807, 2.05) is 6.07 Å². The lowest BCUT2D eigenvalue weighted by molar-refractivity contribution is -0.146. The van der Waals surface area contributed by atoms with E-state index < -0.39 is 0 Å². The van der Waals surface area contributed by atoms with Gasteiger partial charge in [-0.2, -0.15) is 0 Å². The molecule has 1 aromatic rings. The van der Waals surface area contributed by atoms with Crippen molar-refractivity contribution in [3.05, 3.63) is 18.0 Å². The highest BCUT2D eigenvalue weighted by Gasteiger charge is 2.30. The minimum Gasteiger partial charge on any atom is -0.469 e. The molecule has 0 aromatic carbocycles. The summed E-state index contributed by atoms with van der Waals surface area (Å²) < 4.78 is 9.69. The van der Waals surface area contributed by atoms with Gasteiger partial charge in [-0.1, -0.05) is 24.4 Å². The summed E-state index contributed by atoms with van der Waals surface area (Å²) in [5.74, 6) is -0.140. The number of nitrogens with one attached hydrogen (secondary N) is 1. The zero-order valence-corrected chi connectivity index (χ0v) is 10.7. The van der Waals surface area contributed by atoms with E-state index in [-0.39, 0.29) is 17.9 Å². The van der Waals surface area contributed by atoms with Crippen molar-refractivity contribution in [3.8, 4) is 0 Å². The Labute approximate surface area is 107 Å². The van der Waals surface area contributed by atoms with Crippen LogP contribution >= 0.6 is 0 Å². The normalized spacial score (nSPS) is 24.5. The van der Waals surface area contributed by atoms with Crippen LogP contribution in [-0.2, 0) is 16.1 Å². The van der Waals surface area contributed by atoms with Gasteiger partial charge < -0.3 is 14.6 Å². The van der Waals surface area contributed by atoms with Crippen molar-refractivity contribution in [3.63, 3.8) is 0 Å². The summed E-state index contributed by atoms with van der Waals surface area (Å²) in [5.41, 5.74) is 0.864. The number of esters is 1. The van der Waals surface area contributed by atoms with Crippen LogP contribution in [0.5, 0.6) is 0 Å². The summed E-state index contributed by atoms with van der Waals surface area (Å²) in [6, 6.07) is 2.01. The summed E-state index contributed by atoms with van der Waals surface area (Å²) in [6.07, 6.45) is 6.92. The van der Waals surface area contributed by atoms with Gasteiger partial charge in [-0.05, 0) is 12.8 Å². The molecule has 5 heteroatoms. The van der Waals surface area contributed by atoms with E-state index in [0.29, 0.717) is 6.54 Å². The van der Waals surface area contributed by atoms with Crippen LogP contribution in [0.15, 0.2) is 16.9 Å². The van der Waals surface area contributed by atoms with Crippen molar-refractivity contribution in [2.75, 3.05) is 7.11 Å². The van der Waals surface area contributed by atoms with Crippen molar-refractivity contribution >= 4 is 5.97 Å². The largest absolute Gasteiger partial charge is 0.469 e. The lowest BCUT2D eigenvalue weighted by Crippen LogP contribution is -2.39. The predicted molar refractivity (Wildman–Crippen MR) is 65.7 cm³/mol. The lowest BCUT2D eigenvalue weighted by Gasteiger charge is -2.23. The van der Waals surface area contributed by atoms with E-state index >= 15 is 0 Å². The van der Waals surface area contributed by atoms with Gasteiger partial charge in [0.2, 0.25) is 0 Å². The monoisotopic (exact) mass is 252 g/mol. The van der Waals surface area contributed by atoms with Gasteiger partial charge in [-0.25, -0.2) is 0 Å². The molecular formula is C13H20N2O3. The summed E-state index contributed by atoms with van der Waals surface area (Å²) in [5, 5.41) is 7.27. The van der Waals surface area contributed by atoms with Gasteiger partial charge in [0.1, 0.15) is 6.26 Å².